The lowest BCUT2D eigenvalue weighted by atomic mass is 10.3. The van der Waals surface area contributed by atoms with Crippen LogP contribution in [0.25, 0.3) is 0 Å². The van der Waals surface area contributed by atoms with Gasteiger partial charge < -0.3 is 10.1 Å². The summed E-state index contributed by atoms with van der Waals surface area (Å²) < 4.78 is 5.10. The average molecular weight is 234 g/mol. The van der Waals surface area contributed by atoms with Gasteiger partial charge in [0.15, 0.2) is 0 Å². The molecule has 2 nitrogen and oxygen atoms in total. The van der Waals surface area contributed by atoms with Gasteiger partial charge >= 0.3 is 0 Å². The highest BCUT2D eigenvalue weighted by molar-refractivity contribution is 6.43. The van der Waals surface area contributed by atoms with Gasteiger partial charge in [-0.3, -0.25) is 0 Å². The molecule has 0 radical (unpaired) electrons. The van der Waals surface area contributed by atoms with Crippen molar-refractivity contribution in [3.05, 3.63) is 28.2 Å². The number of methoxy groups -OCH3 is 1. The number of hydrogen-bond acceptors (Lipinski definition) is 2. The van der Waals surface area contributed by atoms with Crippen molar-refractivity contribution in [3.63, 3.8) is 0 Å². The Labute approximate surface area is 94.2 Å². The Kier molecular flexibility index (Phi) is 4.52. The zero-order valence-electron chi connectivity index (χ0n) is 8.18. The Morgan fingerprint density at radius 2 is 2.14 bits per heavy atom. The maximum Gasteiger partial charge on any atom is 0.0823 e. The molecule has 1 aromatic rings. The Bertz CT molecular complexity index is 304. The predicted octanol–water partition coefficient (Wildman–Crippen LogP) is 3.44. The minimum atomic E-state index is 0.144. The summed E-state index contributed by atoms with van der Waals surface area (Å²) in [5.74, 6) is 0. The molecular formula is C10H13Cl2NO. The van der Waals surface area contributed by atoms with Gasteiger partial charge in [0.05, 0.1) is 21.8 Å². The van der Waals surface area contributed by atoms with Crippen LogP contribution >= 0.6 is 23.2 Å². The molecule has 0 aliphatic rings. The molecule has 0 bridgehead atoms. The van der Waals surface area contributed by atoms with Gasteiger partial charge in [0.2, 0.25) is 0 Å². The monoisotopic (exact) mass is 233 g/mol. The van der Waals surface area contributed by atoms with Gasteiger partial charge in [0, 0.05) is 13.7 Å². The van der Waals surface area contributed by atoms with Crippen LogP contribution in [0.2, 0.25) is 10.0 Å². The van der Waals surface area contributed by atoms with Gasteiger partial charge in [-0.05, 0) is 19.1 Å². The van der Waals surface area contributed by atoms with Crippen molar-refractivity contribution >= 4 is 28.9 Å². The van der Waals surface area contributed by atoms with Crippen molar-refractivity contribution in [1.82, 2.24) is 0 Å². The number of benzene rings is 1. The molecule has 0 aliphatic heterocycles. The summed E-state index contributed by atoms with van der Waals surface area (Å²) in [6.45, 7) is 2.68. The Morgan fingerprint density at radius 3 is 2.79 bits per heavy atom. The second-order valence-electron chi connectivity index (χ2n) is 3.03. The Morgan fingerprint density at radius 1 is 1.43 bits per heavy atom. The quantitative estimate of drug-likeness (QED) is 0.861. The first-order valence-corrected chi connectivity index (χ1v) is 5.11. The second kappa shape index (κ2) is 5.44. The molecule has 1 aromatic carbocycles. The summed E-state index contributed by atoms with van der Waals surface area (Å²) >= 11 is 11.8. The summed E-state index contributed by atoms with van der Waals surface area (Å²) in [4.78, 5) is 0. The van der Waals surface area contributed by atoms with Crippen molar-refractivity contribution in [2.24, 2.45) is 0 Å². The third kappa shape index (κ3) is 3.05. The molecule has 0 spiro atoms. The minimum absolute atomic E-state index is 0.144. The second-order valence-corrected chi connectivity index (χ2v) is 3.81. The Hall–Kier alpha value is -0.440. The lowest BCUT2D eigenvalue weighted by molar-refractivity contribution is 0.129. The molecule has 78 valence electrons. The van der Waals surface area contributed by atoms with Crippen molar-refractivity contribution in [3.8, 4) is 0 Å². The van der Waals surface area contributed by atoms with E-state index in [4.69, 9.17) is 27.9 Å². The summed E-state index contributed by atoms with van der Waals surface area (Å²) in [5, 5.41) is 4.27. The van der Waals surface area contributed by atoms with E-state index < -0.39 is 0 Å². The number of ether oxygens (including phenoxy) is 1. The van der Waals surface area contributed by atoms with Gasteiger partial charge in [-0.25, -0.2) is 0 Å². The fourth-order valence-electron chi connectivity index (χ4n) is 0.977. The molecule has 0 fully saturated rings. The topological polar surface area (TPSA) is 21.3 Å². The number of hydrogen-bond donors (Lipinski definition) is 1. The molecule has 0 saturated heterocycles. The number of rotatable bonds is 4. The molecule has 1 rings (SSSR count). The highest BCUT2D eigenvalue weighted by Gasteiger charge is 2.05. The van der Waals surface area contributed by atoms with Crippen LogP contribution in [0.4, 0.5) is 5.69 Å². The first-order chi connectivity index (χ1) is 6.65. The molecule has 1 unspecified atom stereocenters. The van der Waals surface area contributed by atoms with E-state index in [-0.39, 0.29) is 6.10 Å². The SMILES string of the molecule is COC(C)CNc1cccc(Cl)c1Cl. The highest BCUT2D eigenvalue weighted by Crippen LogP contribution is 2.29. The zero-order valence-corrected chi connectivity index (χ0v) is 9.69. The molecule has 14 heavy (non-hydrogen) atoms. The van der Waals surface area contributed by atoms with Gasteiger partial charge in [0.1, 0.15) is 0 Å². The molecule has 0 aromatic heterocycles. The van der Waals surface area contributed by atoms with E-state index in [2.05, 4.69) is 5.32 Å². The molecule has 1 N–H and O–H groups in total. The van der Waals surface area contributed by atoms with E-state index in [0.717, 1.165) is 5.69 Å². The van der Waals surface area contributed by atoms with E-state index in [9.17, 15) is 0 Å². The lowest BCUT2D eigenvalue weighted by Crippen LogP contribution is -2.18. The van der Waals surface area contributed by atoms with Crippen molar-refractivity contribution in [1.29, 1.82) is 0 Å². The van der Waals surface area contributed by atoms with Crippen LogP contribution < -0.4 is 5.32 Å². The number of anilines is 1. The van der Waals surface area contributed by atoms with Crippen LogP contribution in [0.5, 0.6) is 0 Å². The summed E-state index contributed by atoms with van der Waals surface area (Å²) in [5.41, 5.74) is 0.836. The molecule has 0 amide bonds. The maximum atomic E-state index is 5.98. The van der Waals surface area contributed by atoms with Gasteiger partial charge in [-0.2, -0.15) is 0 Å². The van der Waals surface area contributed by atoms with E-state index in [0.29, 0.717) is 16.6 Å². The van der Waals surface area contributed by atoms with Crippen molar-refractivity contribution < 1.29 is 4.74 Å². The first kappa shape index (κ1) is 11.6. The van der Waals surface area contributed by atoms with Crippen LogP contribution in [0, 0.1) is 0 Å². The molecule has 0 heterocycles. The van der Waals surface area contributed by atoms with Crippen molar-refractivity contribution in [2.45, 2.75) is 13.0 Å². The molecule has 4 heteroatoms. The van der Waals surface area contributed by atoms with Gasteiger partial charge in [-0.1, -0.05) is 29.3 Å². The summed E-state index contributed by atoms with van der Waals surface area (Å²) in [6, 6.07) is 5.50. The normalized spacial score (nSPS) is 12.6. The largest absolute Gasteiger partial charge is 0.381 e. The van der Waals surface area contributed by atoms with Crippen molar-refractivity contribution in [2.75, 3.05) is 19.0 Å². The third-order valence-corrected chi connectivity index (χ3v) is 2.75. The summed E-state index contributed by atoms with van der Waals surface area (Å²) in [6.07, 6.45) is 0.144. The third-order valence-electron chi connectivity index (χ3n) is 1.93. The van der Waals surface area contributed by atoms with Crippen LogP contribution in [0.1, 0.15) is 6.92 Å². The Balaban J connectivity index is 2.63. The molecular weight excluding hydrogens is 221 g/mol. The molecule has 0 aliphatic carbocycles. The standard InChI is InChI=1S/C10H13Cl2NO/c1-7(14-2)6-13-9-5-3-4-8(11)10(9)12/h3-5,7,13H,6H2,1-2H3. The maximum absolute atomic E-state index is 5.98. The van der Waals surface area contributed by atoms with Crippen LogP contribution in [-0.4, -0.2) is 19.8 Å². The average Bonchev–Trinajstić information content (AvgIpc) is 2.20. The number of halogens is 2. The molecule has 1 atom stereocenters. The lowest BCUT2D eigenvalue weighted by Gasteiger charge is -2.13. The summed E-state index contributed by atoms with van der Waals surface area (Å²) in [7, 11) is 1.67. The first-order valence-electron chi connectivity index (χ1n) is 4.36. The van der Waals surface area contributed by atoms with Gasteiger partial charge in [0.25, 0.3) is 0 Å². The molecule has 0 saturated carbocycles. The number of nitrogens with one attached hydrogen (secondary N) is 1. The minimum Gasteiger partial charge on any atom is -0.381 e. The predicted molar refractivity (Wildman–Crippen MR) is 61.4 cm³/mol. The van der Waals surface area contributed by atoms with E-state index in [1.165, 1.54) is 0 Å². The van der Waals surface area contributed by atoms with Gasteiger partial charge in [-0.15, -0.1) is 0 Å². The van der Waals surface area contributed by atoms with E-state index in [1.807, 2.05) is 19.1 Å². The van der Waals surface area contributed by atoms with E-state index in [1.54, 1.807) is 13.2 Å². The highest BCUT2D eigenvalue weighted by atomic mass is 35.5. The zero-order chi connectivity index (χ0) is 10.6. The fraction of sp³-hybridized carbons (Fsp3) is 0.400. The van der Waals surface area contributed by atoms with Crippen LogP contribution in [-0.2, 0) is 4.74 Å². The fourth-order valence-corrected chi connectivity index (χ4v) is 1.34. The smallest absolute Gasteiger partial charge is 0.0823 e. The van der Waals surface area contributed by atoms with Crippen LogP contribution in [0.15, 0.2) is 18.2 Å². The van der Waals surface area contributed by atoms with Crippen LogP contribution in [0.3, 0.4) is 0 Å². The van der Waals surface area contributed by atoms with E-state index >= 15 is 0 Å².